The number of fused-ring (bicyclic) bond motifs is 1. The van der Waals surface area contributed by atoms with Gasteiger partial charge in [-0.15, -0.1) is 0 Å². The number of hydrogen-bond donors (Lipinski definition) is 1. The van der Waals surface area contributed by atoms with E-state index < -0.39 is 0 Å². The Labute approximate surface area is 124 Å². The first-order valence-corrected chi connectivity index (χ1v) is 7.30. The van der Waals surface area contributed by atoms with E-state index in [4.69, 9.17) is 0 Å². The van der Waals surface area contributed by atoms with Crippen molar-refractivity contribution in [2.45, 2.75) is 25.3 Å². The number of nitrogens with zero attached hydrogens (tertiary/aromatic N) is 3. The number of carbonyl (C=O) groups is 1. The summed E-state index contributed by atoms with van der Waals surface area (Å²) >= 11 is 0. The highest BCUT2D eigenvalue weighted by Crippen LogP contribution is 2.23. The molecule has 1 aliphatic heterocycles. The fourth-order valence-electron chi connectivity index (χ4n) is 2.73. The van der Waals surface area contributed by atoms with Gasteiger partial charge < -0.3 is 10.2 Å². The van der Waals surface area contributed by atoms with Crippen LogP contribution in [0, 0.1) is 0 Å². The standard InChI is InChI=1S/C16H20N4O/c1-16(17-2)5-9-20(10-6-16)15(21)12-3-4-13-14(11-12)19-8-7-18-13/h3-4,7-8,11,17H,5-6,9-10H2,1-2H3. The lowest BCUT2D eigenvalue weighted by Crippen LogP contribution is -2.51. The molecule has 1 aromatic heterocycles. The van der Waals surface area contributed by atoms with Crippen molar-refractivity contribution in [1.29, 1.82) is 0 Å². The van der Waals surface area contributed by atoms with E-state index >= 15 is 0 Å². The zero-order valence-electron chi connectivity index (χ0n) is 12.5. The third-order valence-electron chi connectivity index (χ3n) is 4.47. The fourth-order valence-corrected chi connectivity index (χ4v) is 2.73. The number of carbonyl (C=O) groups excluding carboxylic acids is 1. The molecule has 1 amide bonds. The Balaban J connectivity index is 1.78. The topological polar surface area (TPSA) is 58.1 Å². The van der Waals surface area contributed by atoms with Crippen LogP contribution in [0.4, 0.5) is 0 Å². The molecule has 0 atom stereocenters. The molecule has 5 heteroatoms. The number of hydrogen-bond acceptors (Lipinski definition) is 4. The molecule has 1 saturated heterocycles. The molecule has 0 radical (unpaired) electrons. The van der Waals surface area contributed by atoms with E-state index in [0.717, 1.165) is 37.0 Å². The van der Waals surface area contributed by atoms with Crippen LogP contribution in [0.1, 0.15) is 30.1 Å². The summed E-state index contributed by atoms with van der Waals surface area (Å²) in [5.41, 5.74) is 2.41. The zero-order chi connectivity index (χ0) is 14.9. The van der Waals surface area contributed by atoms with Crippen LogP contribution in [0.2, 0.25) is 0 Å². The maximum absolute atomic E-state index is 12.6. The van der Waals surface area contributed by atoms with Crippen molar-refractivity contribution in [2.24, 2.45) is 0 Å². The first-order valence-electron chi connectivity index (χ1n) is 7.30. The molecule has 1 aliphatic rings. The van der Waals surface area contributed by atoms with Gasteiger partial charge in [0.1, 0.15) is 0 Å². The Morgan fingerprint density at radius 1 is 1.19 bits per heavy atom. The number of amides is 1. The number of piperidine rings is 1. The summed E-state index contributed by atoms with van der Waals surface area (Å²) in [5, 5.41) is 3.35. The highest BCUT2D eigenvalue weighted by molar-refractivity contribution is 5.97. The molecule has 110 valence electrons. The minimum Gasteiger partial charge on any atom is -0.339 e. The lowest BCUT2D eigenvalue weighted by molar-refractivity contribution is 0.0662. The van der Waals surface area contributed by atoms with Crippen LogP contribution in [0.25, 0.3) is 11.0 Å². The molecule has 0 spiro atoms. The Bertz CT molecular complexity index is 662. The Hall–Kier alpha value is -2.01. The van der Waals surface area contributed by atoms with Gasteiger partial charge in [0, 0.05) is 36.6 Å². The van der Waals surface area contributed by atoms with Crippen molar-refractivity contribution in [3.8, 4) is 0 Å². The molecule has 0 bridgehead atoms. The lowest BCUT2D eigenvalue weighted by Gasteiger charge is -2.39. The van der Waals surface area contributed by atoms with E-state index in [9.17, 15) is 4.79 Å². The smallest absolute Gasteiger partial charge is 0.253 e. The molecular formula is C16H20N4O. The second-order valence-electron chi connectivity index (χ2n) is 5.86. The molecule has 1 N–H and O–H groups in total. The molecule has 1 aromatic carbocycles. The van der Waals surface area contributed by atoms with Gasteiger partial charge >= 0.3 is 0 Å². The molecule has 0 aliphatic carbocycles. The van der Waals surface area contributed by atoms with Gasteiger partial charge in [0.25, 0.3) is 5.91 Å². The summed E-state index contributed by atoms with van der Waals surface area (Å²) in [6.07, 6.45) is 5.26. The highest BCUT2D eigenvalue weighted by Gasteiger charge is 2.30. The number of rotatable bonds is 2. The van der Waals surface area contributed by atoms with Crippen LogP contribution in [0.15, 0.2) is 30.6 Å². The van der Waals surface area contributed by atoms with E-state index in [2.05, 4.69) is 22.2 Å². The summed E-state index contributed by atoms with van der Waals surface area (Å²) in [4.78, 5) is 23.0. The second kappa shape index (κ2) is 5.41. The van der Waals surface area contributed by atoms with Crippen molar-refractivity contribution >= 4 is 16.9 Å². The molecule has 0 saturated carbocycles. The van der Waals surface area contributed by atoms with Crippen LogP contribution in [-0.4, -0.2) is 46.5 Å². The average Bonchev–Trinajstić information content (AvgIpc) is 2.54. The summed E-state index contributed by atoms with van der Waals surface area (Å²) in [6, 6.07) is 5.53. The minimum absolute atomic E-state index is 0.0840. The largest absolute Gasteiger partial charge is 0.339 e. The van der Waals surface area contributed by atoms with Crippen molar-refractivity contribution in [1.82, 2.24) is 20.2 Å². The number of benzene rings is 1. The van der Waals surface area contributed by atoms with Crippen LogP contribution < -0.4 is 5.32 Å². The Morgan fingerprint density at radius 3 is 2.52 bits per heavy atom. The quantitative estimate of drug-likeness (QED) is 0.914. The normalized spacial score (nSPS) is 17.9. The van der Waals surface area contributed by atoms with Gasteiger partial charge in [-0.05, 0) is 45.0 Å². The van der Waals surface area contributed by atoms with Gasteiger partial charge in [-0.3, -0.25) is 14.8 Å². The molecule has 5 nitrogen and oxygen atoms in total. The van der Waals surface area contributed by atoms with E-state index in [1.54, 1.807) is 12.4 Å². The van der Waals surface area contributed by atoms with Crippen LogP contribution in [-0.2, 0) is 0 Å². The summed E-state index contributed by atoms with van der Waals surface area (Å²) in [7, 11) is 1.99. The maximum Gasteiger partial charge on any atom is 0.253 e. The third kappa shape index (κ3) is 2.74. The number of nitrogens with one attached hydrogen (secondary N) is 1. The Morgan fingerprint density at radius 2 is 1.86 bits per heavy atom. The van der Waals surface area contributed by atoms with E-state index in [1.807, 2.05) is 30.1 Å². The van der Waals surface area contributed by atoms with Gasteiger partial charge in [-0.1, -0.05) is 0 Å². The van der Waals surface area contributed by atoms with Gasteiger partial charge in [-0.2, -0.15) is 0 Å². The second-order valence-corrected chi connectivity index (χ2v) is 5.86. The van der Waals surface area contributed by atoms with Crippen molar-refractivity contribution in [3.05, 3.63) is 36.2 Å². The molecule has 2 heterocycles. The molecule has 21 heavy (non-hydrogen) atoms. The van der Waals surface area contributed by atoms with E-state index in [1.165, 1.54) is 0 Å². The maximum atomic E-state index is 12.6. The average molecular weight is 284 g/mol. The summed E-state index contributed by atoms with van der Waals surface area (Å²) in [6.45, 7) is 3.78. The monoisotopic (exact) mass is 284 g/mol. The van der Waals surface area contributed by atoms with Gasteiger partial charge in [0.2, 0.25) is 0 Å². The highest BCUT2D eigenvalue weighted by atomic mass is 16.2. The number of likely N-dealkylation sites (tertiary alicyclic amines) is 1. The minimum atomic E-state index is 0.0840. The molecule has 2 aromatic rings. The predicted octanol–water partition coefficient (Wildman–Crippen LogP) is 1.84. The summed E-state index contributed by atoms with van der Waals surface area (Å²) in [5.74, 6) is 0.0840. The fraction of sp³-hybridized carbons (Fsp3) is 0.438. The first-order chi connectivity index (χ1) is 10.1. The van der Waals surface area contributed by atoms with Gasteiger partial charge in [0.15, 0.2) is 0 Å². The first kappa shape index (κ1) is 13.9. The van der Waals surface area contributed by atoms with Gasteiger partial charge in [0.05, 0.1) is 11.0 Å². The SMILES string of the molecule is CNC1(C)CCN(C(=O)c2ccc3nccnc3c2)CC1. The van der Waals surface area contributed by atoms with E-state index in [-0.39, 0.29) is 11.4 Å². The molecule has 1 fully saturated rings. The molecule has 3 rings (SSSR count). The molecule has 0 unspecified atom stereocenters. The van der Waals surface area contributed by atoms with Crippen molar-refractivity contribution in [2.75, 3.05) is 20.1 Å². The zero-order valence-corrected chi connectivity index (χ0v) is 12.5. The van der Waals surface area contributed by atoms with Crippen molar-refractivity contribution < 1.29 is 4.79 Å². The number of aromatic nitrogens is 2. The van der Waals surface area contributed by atoms with Crippen LogP contribution >= 0.6 is 0 Å². The van der Waals surface area contributed by atoms with Crippen LogP contribution in [0.5, 0.6) is 0 Å². The summed E-state index contributed by atoms with van der Waals surface area (Å²) < 4.78 is 0. The third-order valence-corrected chi connectivity index (χ3v) is 4.47. The predicted molar refractivity (Wildman–Crippen MR) is 82.1 cm³/mol. The lowest BCUT2D eigenvalue weighted by atomic mass is 9.89. The Kier molecular flexibility index (Phi) is 3.59. The van der Waals surface area contributed by atoms with Crippen molar-refractivity contribution in [3.63, 3.8) is 0 Å². The van der Waals surface area contributed by atoms with Crippen LogP contribution in [0.3, 0.4) is 0 Å². The molecular weight excluding hydrogens is 264 g/mol. The van der Waals surface area contributed by atoms with E-state index in [0.29, 0.717) is 5.56 Å². The van der Waals surface area contributed by atoms with Gasteiger partial charge in [-0.25, -0.2) is 0 Å².